The molecule has 106 valence electrons. The second-order valence-electron chi connectivity index (χ2n) is 4.37. The molecule has 0 bridgehead atoms. The molecule has 0 aromatic carbocycles. The third kappa shape index (κ3) is 6.12. The van der Waals surface area contributed by atoms with E-state index in [0.29, 0.717) is 31.4 Å². The lowest BCUT2D eigenvalue weighted by Crippen LogP contribution is -2.20. The Bertz CT molecular complexity index is 423. The Balaban J connectivity index is 2.35. The van der Waals surface area contributed by atoms with Gasteiger partial charge in [0.25, 0.3) is 0 Å². The number of rotatable bonds is 8. The third-order valence-corrected chi connectivity index (χ3v) is 2.29. The molecular formula is C12H20N4O3. The molecule has 2 N–H and O–H groups in total. The number of ether oxygens (including phenoxy) is 1. The number of anilines is 1. The molecule has 0 aliphatic heterocycles. The van der Waals surface area contributed by atoms with Crippen LogP contribution in [0.1, 0.15) is 16.2 Å². The van der Waals surface area contributed by atoms with Gasteiger partial charge >= 0.3 is 5.97 Å². The van der Waals surface area contributed by atoms with Gasteiger partial charge in [-0.05, 0) is 27.1 Å². The molecular weight excluding hydrogens is 248 g/mol. The maximum absolute atomic E-state index is 10.8. The van der Waals surface area contributed by atoms with Gasteiger partial charge in [0, 0.05) is 18.8 Å². The normalized spacial score (nSPS) is 10.7. The summed E-state index contributed by atoms with van der Waals surface area (Å²) in [5.74, 6) is -0.746. The van der Waals surface area contributed by atoms with Gasteiger partial charge in [-0.3, -0.25) is 0 Å². The van der Waals surface area contributed by atoms with Crippen LogP contribution in [0.5, 0.6) is 0 Å². The number of carboxylic acid groups (broad SMARTS) is 1. The molecule has 0 aliphatic rings. The number of aryl methyl sites for hydroxylation is 1. The van der Waals surface area contributed by atoms with Gasteiger partial charge in [-0.2, -0.15) is 0 Å². The van der Waals surface area contributed by atoms with Crippen molar-refractivity contribution in [3.63, 3.8) is 0 Å². The van der Waals surface area contributed by atoms with E-state index in [4.69, 9.17) is 9.84 Å². The van der Waals surface area contributed by atoms with Crippen molar-refractivity contribution in [2.45, 2.75) is 6.92 Å². The molecule has 7 nitrogen and oxygen atoms in total. The van der Waals surface area contributed by atoms with E-state index in [-0.39, 0.29) is 5.69 Å². The summed E-state index contributed by atoms with van der Waals surface area (Å²) < 4.78 is 5.40. The Morgan fingerprint density at radius 1 is 1.42 bits per heavy atom. The van der Waals surface area contributed by atoms with Crippen LogP contribution in [-0.4, -0.2) is 66.3 Å². The van der Waals surface area contributed by atoms with Gasteiger partial charge in [0.05, 0.1) is 13.2 Å². The Morgan fingerprint density at radius 3 is 2.79 bits per heavy atom. The molecule has 1 heterocycles. The van der Waals surface area contributed by atoms with Crippen molar-refractivity contribution < 1.29 is 14.6 Å². The molecule has 1 rings (SSSR count). The summed E-state index contributed by atoms with van der Waals surface area (Å²) in [6.07, 6.45) is 0. The predicted octanol–water partition coefficient (Wildman–Crippen LogP) is 0.473. The van der Waals surface area contributed by atoms with Gasteiger partial charge < -0.3 is 20.1 Å². The minimum absolute atomic E-state index is 0.0106. The fourth-order valence-electron chi connectivity index (χ4n) is 1.34. The number of hydrogen-bond donors (Lipinski definition) is 2. The Hall–Kier alpha value is -1.73. The van der Waals surface area contributed by atoms with Gasteiger partial charge in [-0.15, -0.1) is 0 Å². The number of likely N-dealkylation sites (N-methyl/N-ethyl adjacent to an activating group) is 1. The summed E-state index contributed by atoms with van der Waals surface area (Å²) in [5.41, 5.74) is 0.604. The minimum atomic E-state index is -1.06. The highest BCUT2D eigenvalue weighted by Gasteiger charge is 2.07. The number of nitrogens with zero attached hydrogens (tertiary/aromatic N) is 3. The molecule has 1 aromatic rings. The van der Waals surface area contributed by atoms with E-state index in [1.807, 2.05) is 19.0 Å². The molecule has 0 aliphatic carbocycles. The van der Waals surface area contributed by atoms with Gasteiger partial charge in [0.1, 0.15) is 0 Å². The molecule has 1 aromatic heterocycles. The lowest BCUT2D eigenvalue weighted by atomic mass is 10.3. The quantitative estimate of drug-likeness (QED) is 0.663. The number of nitrogens with one attached hydrogen (secondary N) is 1. The molecule has 0 unspecified atom stereocenters. The number of aromatic nitrogens is 2. The van der Waals surface area contributed by atoms with Crippen molar-refractivity contribution >= 4 is 11.9 Å². The van der Waals surface area contributed by atoms with Crippen LogP contribution >= 0.6 is 0 Å². The van der Waals surface area contributed by atoms with Gasteiger partial charge in [-0.25, -0.2) is 14.8 Å². The van der Waals surface area contributed by atoms with Crippen LogP contribution < -0.4 is 5.32 Å². The first-order chi connectivity index (χ1) is 8.99. The smallest absolute Gasteiger partial charge is 0.354 e. The van der Waals surface area contributed by atoms with E-state index in [0.717, 1.165) is 6.54 Å². The molecule has 0 spiro atoms. The summed E-state index contributed by atoms with van der Waals surface area (Å²) in [7, 11) is 3.96. The first kappa shape index (κ1) is 15.3. The van der Waals surface area contributed by atoms with E-state index in [2.05, 4.69) is 15.3 Å². The summed E-state index contributed by atoms with van der Waals surface area (Å²) >= 11 is 0. The van der Waals surface area contributed by atoms with Crippen LogP contribution in [0.25, 0.3) is 0 Å². The molecule has 0 amide bonds. The van der Waals surface area contributed by atoms with Gasteiger partial charge in [-0.1, -0.05) is 0 Å². The molecule has 0 fully saturated rings. The molecule has 0 saturated carbocycles. The second kappa shape index (κ2) is 7.65. The van der Waals surface area contributed by atoms with E-state index in [9.17, 15) is 4.79 Å². The maximum Gasteiger partial charge on any atom is 0.354 e. The summed E-state index contributed by atoms with van der Waals surface area (Å²) in [6.45, 7) is 4.31. The number of aromatic carboxylic acids is 1. The second-order valence-corrected chi connectivity index (χ2v) is 4.37. The fourth-order valence-corrected chi connectivity index (χ4v) is 1.34. The van der Waals surface area contributed by atoms with Crippen LogP contribution in [0.15, 0.2) is 6.07 Å². The minimum Gasteiger partial charge on any atom is -0.477 e. The van der Waals surface area contributed by atoms with E-state index in [1.165, 1.54) is 6.07 Å². The summed E-state index contributed by atoms with van der Waals surface area (Å²) in [6, 6.07) is 1.43. The zero-order valence-corrected chi connectivity index (χ0v) is 11.5. The lowest BCUT2D eigenvalue weighted by molar-refractivity contribution is 0.0690. The standard InChI is InChI=1S/C12H20N4O3/c1-9-8-10(11(17)18)15-12(14-9)13-4-6-19-7-5-16(2)3/h8H,4-7H2,1-3H3,(H,17,18)(H,13,14,15). The molecule has 7 heteroatoms. The van der Waals surface area contributed by atoms with Gasteiger partial charge in [0.15, 0.2) is 5.69 Å². The molecule has 0 atom stereocenters. The van der Waals surface area contributed by atoms with E-state index >= 15 is 0 Å². The van der Waals surface area contributed by atoms with Crippen LogP contribution in [0, 0.1) is 6.92 Å². The maximum atomic E-state index is 10.8. The zero-order valence-electron chi connectivity index (χ0n) is 11.5. The Morgan fingerprint density at radius 2 is 2.16 bits per heavy atom. The van der Waals surface area contributed by atoms with E-state index in [1.54, 1.807) is 6.92 Å². The van der Waals surface area contributed by atoms with Crippen molar-refractivity contribution in [1.29, 1.82) is 0 Å². The largest absolute Gasteiger partial charge is 0.477 e. The SMILES string of the molecule is Cc1cc(C(=O)O)nc(NCCOCCN(C)C)n1. The average Bonchev–Trinajstić information content (AvgIpc) is 2.32. The van der Waals surface area contributed by atoms with Crippen molar-refractivity contribution in [2.24, 2.45) is 0 Å². The van der Waals surface area contributed by atoms with Crippen LogP contribution in [0.4, 0.5) is 5.95 Å². The highest BCUT2D eigenvalue weighted by Crippen LogP contribution is 2.04. The highest BCUT2D eigenvalue weighted by atomic mass is 16.5. The van der Waals surface area contributed by atoms with Crippen LogP contribution in [0.2, 0.25) is 0 Å². The summed E-state index contributed by atoms with van der Waals surface area (Å²) in [5, 5.41) is 11.8. The first-order valence-electron chi connectivity index (χ1n) is 6.04. The van der Waals surface area contributed by atoms with Crippen molar-refractivity contribution in [3.8, 4) is 0 Å². The molecule has 0 saturated heterocycles. The topological polar surface area (TPSA) is 87.6 Å². The average molecular weight is 268 g/mol. The Labute approximate surface area is 112 Å². The third-order valence-electron chi connectivity index (χ3n) is 2.29. The van der Waals surface area contributed by atoms with Gasteiger partial charge in [0.2, 0.25) is 5.95 Å². The number of carboxylic acids is 1. The fraction of sp³-hybridized carbons (Fsp3) is 0.583. The summed E-state index contributed by atoms with van der Waals surface area (Å²) in [4.78, 5) is 20.9. The Kier molecular flexibility index (Phi) is 6.17. The number of carbonyl (C=O) groups is 1. The van der Waals surface area contributed by atoms with Crippen LogP contribution in [0.3, 0.4) is 0 Å². The molecule has 0 radical (unpaired) electrons. The zero-order chi connectivity index (χ0) is 14.3. The number of hydrogen-bond acceptors (Lipinski definition) is 6. The molecule has 19 heavy (non-hydrogen) atoms. The monoisotopic (exact) mass is 268 g/mol. The van der Waals surface area contributed by atoms with Crippen molar-refractivity contribution in [1.82, 2.24) is 14.9 Å². The first-order valence-corrected chi connectivity index (χ1v) is 6.04. The predicted molar refractivity (Wildman–Crippen MR) is 71.6 cm³/mol. The van der Waals surface area contributed by atoms with E-state index < -0.39 is 5.97 Å². The lowest BCUT2D eigenvalue weighted by Gasteiger charge is -2.10. The van der Waals surface area contributed by atoms with Crippen molar-refractivity contribution in [3.05, 3.63) is 17.5 Å². The van der Waals surface area contributed by atoms with Crippen molar-refractivity contribution in [2.75, 3.05) is 45.7 Å². The highest BCUT2D eigenvalue weighted by molar-refractivity contribution is 5.85. The van der Waals surface area contributed by atoms with Crippen LogP contribution in [-0.2, 0) is 4.74 Å².